The third-order valence-electron chi connectivity index (χ3n) is 5.57. The van der Waals surface area contributed by atoms with E-state index < -0.39 is 28.6 Å². The zero-order valence-electron chi connectivity index (χ0n) is 15.1. The maximum atomic E-state index is 15.6. The number of rotatable bonds is 4. The van der Waals surface area contributed by atoms with Crippen LogP contribution in [0.4, 0.5) is 14.5 Å². The number of carboxylic acid groups (broad SMARTS) is 1. The Hall–Kier alpha value is -3.37. The molecule has 1 N–H and O–H groups in total. The van der Waals surface area contributed by atoms with Crippen LogP contribution in [0.2, 0.25) is 0 Å². The molecule has 29 heavy (non-hydrogen) atoms. The van der Waals surface area contributed by atoms with E-state index in [1.807, 2.05) is 0 Å². The van der Waals surface area contributed by atoms with Crippen LogP contribution in [0, 0.1) is 11.6 Å². The fourth-order valence-electron chi connectivity index (χ4n) is 4.01. The number of hydrogen-bond donors (Lipinski definition) is 1. The van der Waals surface area contributed by atoms with Crippen LogP contribution in [0.3, 0.4) is 0 Å². The molecule has 0 spiro atoms. The second kappa shape index (κ2) is 6.33. The number of aromatic carboxylic acids is 1. The quantitative estimate of drug-likeness (QED) is 0.709. The van der Waals surface area contributed by atoms with Gasteiger partial charge >= 0.3 is 5.97 Å². The summed E-state index contributed by atoms with van der Waals surface area (Å²) in [5.41, 5.74) is -1.65. The molecule has 1 aliphatic heterocycles. The fourth-order valence-corrected chi connectivity index (χ4v) is 4.01. The predicted octanol–water partition coefficient (Wildman–Crippen LogP) is 1.75. The van der Waals surface area contributed by atoms with E-state index >= 15 is 4.39 Å². The molecule has 2 aromatic heterocycles. The van der Waals surface area contributed by atoms with E-state index in [0.717, 1.165) is 18.9 Å². The van der Waals surface area contributed by atoms with Gasteiger partial charge in [-0.1, -0.05) is 0 Å². The third kappa shape index (κ3) is 2.76. The Bertz CT molecular complexity index is 1190. The van der Waals surface area contributed by atoms with Crippen molar-refractivity contribution in [3.63, 3.8) is 0 Å². The highest BCUT2D eigenvalue weighted by molar-refractivity contribution is 5.94. The van der Waals surface area contributed by atoms with Gasteiger partial charge in [-0.15, -0.1) is 5.10 Å². The minimum Gasteiger partial charge on any atom is -0.477 e. The van der Waals surface area contributed by atoms with Crippen molar-refractivity contribution >= 4 is 22.6 Å². The zero-order valence-corrected chi connectivity index (χ0v) is 15.1. The first-order chi connectivity index (χ1) is 14.0. The number of carboxylic acids is 1. The van der Waals surface area contributed by atoms with Gasteiger partial charge in [0.25, 0.3) is 0 Å². The summed E-state index contributed by atoms with van der Waals surface area (Å²) in [5, 5.41) is 20.1. The van der Waals surface area contributed by atoms with Gasteiger partial charge < -0.3 is 14.6 Å². The molecule has 0 amide bonds. The van der Waals surface area contributed by atoms with E-state index in [4.69, 9.17) is 0 Å². The molecule has 2 aliphatic rings. The molecular formula is C18H16F2N6O3. The minimum atomic E-state index is -1.42. The van der Waals surface area contributed by atoms with E-state index in [1.54, 1.807) is 9.58 Å². The van der Waals surface area contributed by atoms with Crippen LogP contribution in [0.1, 0.15) is 41.7 Å². The van der Waals surface area contributed by atoms with Crippen LogP contribution in [-0.4, -0.2) is 48.9 Å². The van der Waals surface area contributed by atoms with Crippen molar-refractivity contribution in [2.75, 3.05) is 18.0 Å². The van der Waals surface area contributed by atoms with Gasteiger partial charge in [0, 0.05) is 25.3 Å². The van der Waals surface area contributed by atoms with Crippen LogP contribution in [0.15, 0.2) is 23.4 Å². The maximum absolute atomic E-state index is 15.6. The van der Waals surface area contributed by atoms with Crippen molar-refractivity contribution in [1.29, 1.82) is 0 Å². The molecule has 1 atom stereocenters. The number of pyridine rings is 1. The van der Waals surface area contributed by atoms with Gasteiger partial charge in [0.05, 0.1) is 16.9 Å². The van der Waals surface area contributed by atoms with Crippen molar-refractivity contribution < 1.29 is 18.7 Å². The molecule has 150 valence electrons. The summed E-state index contributed by atoms with van der Waals surface area (Å²) in [7, 11) is 0. The van der Waals surface area contributed by atoms with Crippen molar-refractivity contribution in [2.45, 2.75) is 31.3 Å². The molecular weight excluding hydrogens is 386 g/mol. The number of halogens is 2. The lowest BCUT2D eigenvalue weighted by atomic mass is 10.1. The van der Waals surface area contributed by atoms with Crippen LogP contribution in [0.5, 0.6) is 0 Å². The minimum absolute atomic E-state index is 0.0511. The van der Waals surface area contributed by atoms with Crippen LogP contribution in [-0.2, 0) is 0 Å². The SMILES string of the molecule is O=C(O)c1cn(C2CC2)c2c(F)c(N3CCC(n4cnnn4)C3)c(F)cc2c1=O. The molecule has 2 fully saturated rings. The summed E-state index contributed by atoms with van der Waals surface area (Å²) in [6, 6.07) is 0.724. The van der Waals surface area contributed by atoms with Crippen molar-refractivity contribution in [3.05, 3.63) is 46.0 Å². The summed E-state index contributed by atoms with van der Waals surface area (Å²) in [6.45, 7) is 0.704. The summed E-state index contributed by atoms with van der Waals surface area (Å²) in [5.74, 6) is -3.16. The summed E-state index contributed by atoms with van der Waals surface area (Å²) >= 11 is 0. The lowest BCUT2D eigenvalue weighted by molar-refractivity contribution is 0.0695. The Balaban J connectivity index is 1.66. The highest BCUT2D eigenvalue weighted by Crippen LogP contribution is 2.40. The average Bonchev–Trinajstić information content (AvgIpc) is 3.16. The van der Waals surface area contributed by atoms with Gasteiger partial charge in [0.1, 0.15) is 23.4 Å². The van der Waals surface area contributed by atoms with E-state index in [-0.39, 0.29) is 28.7 Å². The monoisotopic (exact) mass is 402 g/mol. The van der Waals surface area contributed by atoms with Crippen LogP contribution in [0.25, 0.3) is 10.9 Å². The number of nitrogens with zero attached hydrogens (tertiary/aromatic N) is 6. The Labute approximate surface area is 162 Å². The molecule has 3 aromatic rings. The van der Waals surface area contributed by atoms with E-state index in [1.165, 1.54) is 17.1 Å². The van der Waals surface area contributed by atoms with Gasteiger partial charge in [-0.05, 0) is 35.8 Å². The summed E-state index contributed by atoms with van der Waals surface area (Å²) in [6.07, 6.45) is 4.72. The second-order valence-corrected chi connectivity index (χ2v) is 7.41. The van der Waals surface area contributed by atoms with Crippen molar-refractivity contribution in [2.24, 2.45) is 0 Å². The Morgan fingerprint density at radius 3 is 2.66 bits per heavy atom. The van der Waals surface area contributed by atoms with E-state index in [0.29, 0.717) is 19.5 Å². The lowest BCUT2D eigenvalue weighted by Crippen LogP contribution is -2.25. The van der Waals surface area contributed by atoms with E-state index in [2.05, 4.69) is 15.5 Å². The molecule has 1 aliphatic carbocycles. The number of anilines is 1. The molecule has 11 heteroatoms. The molecule has 9 nitrogen and oxygen atoms in total. The Kier molecular flexibility index (Phi) is 3.86. The largest absolute Gasteiger partial charge is 0.477 e. The molecule has 1 aromatic carbocycles. The maximum Gasteiger partial charge on any atom is 0.341 e. The lowest BCUT2D eigenvalue weighted by Gasteiger charge is -2.22. The zero-order chi connectivity index (χ0) is 20.3. The summed E-state index contributed by atoms with van der Waals surface area (Å²) in [4.78, 5) is 25.5. The number of tetrazole rings is 1. The first kappa shape index (κ1) is 17.7. The number of aromatic nitrogens is 5. The first-order valence-electron chi connectivity index (χ1n) is 9.23. The summed E-state index contributed by atoms with van der Waals surface area (Å²) < 4.78 is 33.5. The van der Waals surface area contributed by atoms with Crippen LogP contribution < -0.4 is 10.3 Å². The van der Waals surface area contributed by atoms with Gasteiger partial charge in [-0.2, -0.15) is 0 Å². The Morgan fingerprint density at radius 1 is 1.21 bits per heavy atom. The first-order valence-corrected chi connectivity index (χ1v) is 9.23. The predicted molar refractivity (Wildman–Crippen MR) is 97.0 cm³/mol. The molecule has 3 heterocycles. The highest BCUT2D eigenvalue weighted by atomic mass is 19.1. The second-order valence-electron chi connectivity index (χ2n) is 7.41. The Morgan fingerprint density at radius 2 is 2.00 bits per heavy atom. The molecule has 0 bridgehead atoms. The van der Waals surface area contributed by atoms with Crippen molar-refractivity contribution in [3.8, 4) is 0 Å². The number of carbonyl (C=O) groups is 1. The fraction of sp³-hybridized carbons (Fsp3) is 0.389. The smallest absolute Gasteiger partial charge is 0.341 e. The molecule has 1 saturated carbocycles. The number of hydrogen-bond acceptors (Lipinski definition) is 6. The number of fused-ring (bicyclic) bond motifs is 1. The average molecular weight is 402 g/mol. The molecule has 1 unspecified atom stereocenters. The third-order valence-corrected chi connectivity index (χ3v) is 5.57. The normalized spacial score (nSPS) is 19.2. The standard InChI is InChI=1S/C18H16F2N6O3/c19-13-5-11-15(25(9-1-2-9)7-12(17(11)27)18(28)29)14(20)16(13)24-4-3-10(6-24)26-8-21-22-23-26/h5,7-10H,1-4,6H2,(H,28,29). The number of benzene rings is 1. The topological polar surface area (TPSA) is 106 Å². The molecule has 5 rings (SSSR count). The van der Waals surface area contributed by atoms with Crippen molar-refractivity contribution in [1.82, 2.24) is 24.8 Å². The van der Waals surface area contributed by atoms with Crippen LogP contribution >= 0.6 is 0 Å². The highest BCUT2D eigenvalue weighted by Gasteiger charge is 2.33. The van der Waals surface area contributed by atoms with Gasteiger partial charge in [0.15, 0.2) is 5.82 Å². The van der Waals surface area contributed by atoms with Gasteiger partial charge in [-0.3, -0.25) is 4.79 Å². The molecule has 1 saturated heterocycles. The molecule has 0 radical (unpaired) electrons. The van der Waals surface area contributed by atoms with E-state index in [9.17, 15) is 19.1 Å². The van der Waals surface area contributed by atoms with Gasteiger partial charge in [-0.25, -0.2) is 18.3 Å². The van der Waals surface area contributed by atoms with Gasteiger partial charge in [0.2, 0.25) is 5.43 Å².